The van der Waals surface area contributed by atoms with Gasteiger partial charge in [-0.3, -0.25) is 4.79 Å². The van der Waals surface area contributed by atoms with Crippen LogP contribution in [0.5, 0.6) is 0 Å². The van der Waals surface area contributed by atoms with Crippen LogP contribution in [-0.4, -0.2) is 15.5 Å². The Morgan fingerprint density at radius 1 is 1.39 bits per heavy atom. The van der Waals surface area contributed by atoms with E-state index in [1.165, 1.54) is 17.8 Å². The van der Waals surface area contributed by atoms with Crippen LogP contribution in [-0.2, 0) is 17.4 Å². The summed E-state index contributed by atoms with van der Waals surface area (Å²) < 4.78 is 37.9. The lowest BCUT2D eigenvalue weighted by atomic mass is 10.1. The molecule has 1 aromatic rings. The second kappa shape index (κ2) is 4.89. The SMILES string of the molecule is O=C1NC(=S)SC1Cc1cccc(C(F)(F)F)c1. The van der Waals surface area contributed by atoms with E-state index >= 15 is 0 Å². The van der Waals surface area contributed by atoms with Crippen molar-refractivity contribution in [2.45, 2.75) is 17.8 Å². The Labute approximate surface area is 111 Å². The predicted octanol–water partition coefficient (Wildman–Crippen LogP) is 2.76. The molecule has 18 heavy (non-hydrogen) atoms. The van der Waals surface area contributed by atoms with Crippen molar-refractivity contribution in [3.8, 4) is 0 Å². The fourth-order valence-electron chi connectivity index (χ4n) is 1.62. The van der Waals surface area contributed by atoms with E-state index in [0.29, 0.717) is 9.88 Å². The number of carbonyl (C=O) groups excluding carboxylic acids is 1. The molecule has 0 radical (unpaired) electrons. The molecule has 1 amide bonds. The third-order valence-corrected chi connectivity index (χ3v) is 3.81. The maximum Gasteiger partial charge on any atom is 0.416 e. The van der Waals surface area contributed by atoms with Crippen LogP contribution in [0.25, 0.3) is 0 Å². The van der Waals surface area contributed by atoms with Crippen molar-refractivity contribution < 1.29 is 18.0 Å². The molecule has 2 nitrogen and oxygen atoms in total. The molecule has 1 saturated heterocycles. The summed E-state index contributed by atoms with van der Waals surface area (Å²) in [5.41, 5.74) is -0.229. The van der Waals surface area contributed by atoms with Gasteiger partial charge in [0, 0.05) is 0 Å². The van der Waals surface area contributed by atoms with Gasteiger partial charge in [0.05, 0.1) is 10.8 Å². The summed E-state index contributed by atoms with van der Waals surface area (Å²) in [4.78, 5) is 11.4. The molecular weight excluding hydrogens is 283 g/mol. The number of thioether (sulfide) groups is 1. The summed E-state index contributed by atoms with van der Waals surface area (Å²) in [6.07, 6.45) is -4.13. The van der Waals surface area contributed by atoms with E-state index in [1.54, 1.807) is 6.07 Å². The van der Waals surface area contributed by atoms with Gasteiger partial charge in [0.15, 0.2) is 0 Å². The third-order valence-electron chi connectivity index (χ3n) is 2.44. The standard InChI is InChI=1S/C11H8F3NOS2/c12-11(13,14)7-3-1-2-6(4-7)5-8-9(16)15-10(17)18-8/h1-4,8H,5H2,(H,15,16,17). The van der Waals surface area contributed by atoms with E-state index < -0.39 is 17.0 Å². The van der Waals surface area contributed by atoms with Crippen LogP contribution in [0.3, 0.4) is 0 Å². The molecule has 0 spiro atoms. The molecule has 1 unspecified atom stereocenters. The number of alkyl halides is 3. The molecule has 1 heterocycles. The van der Waals surface area contributed by atoms with E-state index in [-0.39, 0.29) is 12.3 Å². The Kier molecular flexibility index (Phi) is 3.63. The van der Waals surface area contributed by atoms with Gasteiger partial charge in [-0.2, -0.15) is 13.2 Å². The second-order valence-electron chi connectivity index (χ2n) is 3.79. The summed E-state index contributed by atoms with van der Waals surface area (Å²) >= 11 is 6.00. The topological polar surface area (TPSA) is 29.1 Å². The maximum atomic E-state index is 12.5. The lowest BCUT2D eigenvalue weighted by Crippen LogP contribution is -2.25. The first-order valence-electron chi connectivity index (χ1n) is 5.04. The van der Waals surface area contributed by atoms with Crippen molar-refractivity contribution in [2.24, 2.45) is 0 Å². The highest BCUT2D eigenvalue weighted by Gasteiger charge is 2.32. The maximum absolute atomic E-state index is 12.5. The first kappa shape index (κ1) is 13.4. The molecule has 1 aliphatic rings. The molecule has 1 fully saturated rings. The van der Waals surface area contributed by atoms with Crippen LogP contribution in [0.1, 0.15) is 11.1 Å². The first-order valence-corrected chi connectivity index (χ1v) is 6.32. The zero-order valence-corrected chi connectivity index (χ0v) is 10.6. The van der Waals surface area contributed by atoms with E-state index in [0.717, 1.165) is 12.1 Å². The summed E-state index contributed by atoms with van der Waals surface area (Å²) in [6.45, 7) is 0. The van der Waals surface area contributed by atoms with Gasteiger partial charge in [-0.15, -0.1) is 0 Å². The van der Waals surface area contributed by atoms with Gasteiger partial charge in [0.1, 0.15) is 4.32 Å². The Bertz CT molecular complexity index is 501. The Hall–Kier alpha value is -1.08. The van der Waals surface area contributed by atoms with Crippen LogP contribution >= 0.6 is 24.0 Å². The average Bonchev–Trinajstić information content (AvgIpc) is 2.56. The van der Waals surface area contributed by atoms with Gasteiger partial charge in [0.2, 0.25) is 5.91 Å². The van der Waals surface area contributed by atoms with Crippen LogP contribution in [0.15, 0.2) is 24.3 Å². The number of hydrogen-bond acceptors (Lipinski definition) is 3. The minimum absolute atomic E-state index is 0.237. The number of amides is 1. The predicted molar refractivity (Wildman–Crippen MR) is 67.3 cm³/mol. The summed E-state index contributed by atoms with van der Waals surface area (Å²) in [5, 5.41) is 2.02. The molecule has 0 bridgehead atoms. The van der Waals surface area contributed by atoms with E-state index in [2.05, 4.69) is 5.32 Å². The largest absolute Gasteiger partial charge is 0.416 e. The van der Waals surface area contributed by atoms with Crippen molar-refractivity contribution in [3.05, 3.63) is 35.4 Å². The highest BCUT2D eigenvalue weighted by molar-refractivity contribution is 8.24. The monoisotopic (exact) mass is 291 g/mol. The van der Waals surface area contributed by atoms with Gasteiger partial charge in [-0.1, -0.05) is 42.2 Å². The molecule has 7 heteroatoms. The number of halogens is 3. The molecular formula is C11H8F3NOS2. The zero-order chi connectivity index (χ0) is 13.3. The summed E-state index contributed by atoms with van der Waals surface area (Å²) in [7, 11) is 0. The number of benzene rings is 1. The normalized spacial score (nSPS) is 20.1. The van der Waals surface area contributed by atoms with Gasteiger partial charge in [-0.05, 0) is 18.1 Å². The third kappa shape index (κ3) is 3.02. The molecule has 0 aliphatic carbocycles. The van der Waals surface area contributed by atoms with Gasteiger partial charge in [-0.25, -0.2) is 0 Å². The van der Waals surface area contributed by atoms with Crippen molar-refractivity contribution in [1.29, 1.82) is 0 Å². The first-order chi connectivity index (χ1) is 8.36. The quantitative estimate of drug-likeness (QED) is 0.850. The average molecular weight is 291 g/mol. The molecule has 0 aromatic heterocycles. The highest BCUT2D eigenvalue weighted by Crippen LogP contribution is 2.31. The summed E-state index contributed by atoms with van der Waals surface area (Å²) in [6, 6.07) is 4.99. The van der Waals surface area contributed by atoms with Crippen molar-refractivity contribution >= 4 is 34.2 Å². The van der Waals surface area contributed by atoms with Crippen molar-refractivity contribution in [2.75, 3.05) is 0 Å². The molecule has 1 aromatic carbocycles. The van der Waals surface area contributed by atoms with Crippen molar-refractivity contribution in [3.63, 3.8) is 0 Å². The van der Waals surface area contributed by atoms with Gasteiger partial charge >= 0.3 is 6.18 Å². The van der Waals surface area contributed by atoms with Crippen LogP contribution in [0.2, 0.25) is 0 Å². The molecule has 1 atom stereocenters. The number of carbonyl (C=O) groups is 1. The number of hydrogen-bond donors (Lipinski definition) is 1. The lowest BCUT2D eigenvalue weighted by molar-refractivity contribution is -0.137. The molecule has 96 valence electrons. The van der Waals surface area contributed by atoms with Crippen LogP contribution in [0.4, 0.5) is 13.2 Å². The zero-order valence-electron chi connectivity index (χ0n) is 8.95. The van der Waals surface area contributed by atoms with E-state index in [1.807, 2.05) is 0 Å². The molecule has 2 rings (SSSR count). The Morgan fingerprint density at radius 2 is 2.11 bits per heavy atom. The second-order valence-corrected chi connectivity index (χ2v) is 5.67. The lowest BCUT2D eigenvalue weighted by Gasteiger charge is -2.10. The number of nitrogens with one attached hydrogen (secondary N) is 1. The van der Waals surface area contributed by atoms with Gasteiger partial charge < -0.3 is 5.32 Å². The summed E-state index contributed by atoms with van der Waals surface area (Å²) in [5.74, 6) is -0.248. The molecule has 1 N–H and O–H groups in total. The minimum atomic E-state index is -4.36. The van der Waals surface area contributed by atoms with Crippen molar-refractivity contribution in [1.82, 2.24) is 5.32 Å². The number of rotatable bonds is 2. The Balaban J connectivity index is 2.15. The van der Waals surface area contributed by atoms with Gasteiger partial charge in [0.25, 0.3) is 0 Å². The molecule has 0 saturated carbocycles. The van der Waals surface area contributed by atoms with E-state index in [4.69, 9.17) is 12.2 Å². The fraction of sp³-hybridized carbons (Fsp3) is 0.273. The Morgan fingerprint density at radius 3 is 2.67 bits per heavy atom. The minimum Gasteiger partial charge on any atom is -0.311 e. The molecule has 1 aliphatic heterocycles. The van der Waals surface area contributed by atoms with Crippen LogP contribution < -0.4 is 5.32 Å². The van der Waals surface area contributed by atoms with E-state index in [9.17, 15) is 18.0 Å². The fourth-order valence-corrected chi connectivity index (χ4v) is 2.93. The smallest absolute Gasteiger partial charge is 0.311 e. The highest BCUT2D eigenvalue weighted by atomic mass is 32.2. The van der Waals surface area contributed by atoms with Crippen LogP contribution in [0, 0.1) is 0 Å². The number of thiocarbonyl (C=S) groups is 1.